The van der Waals surface area contributed by atoms with Crippen LogP contribution in [0.2, 0.25) is 0 Å². The van der Waals surface area contributed by atoms with Gasteiger partial charge >= 0.3 is 5.97 Å². The molecule has 1 saturated carbocycles. The quantitative estimate of drug-likeness (QED) is 0.734. The van der Waals surface area contributed by atoms with Gasteiger partial charge in [-0.2, -0.15) is 0 Å². The zero-order valence-electron chi connectivity index (χ0n) is 9.76. The van der Waals surface area contributed by atoms with Crippen molar-refractivity contribution in [1.82, 2.24) is 10.2 Å². The van der Waals surface area contributed by atoms with E-state index in [4.69, 9.17) is 5.11 Å². The number of nitrogens with one attached hydrogen (secondary N) is 1. The average molecular weight is 238 g/mol. The number of carboxylic acid groups (broad SMARTS) is 1. The Morgan fingerprint density at radius 2 is 2.00 bits per heavy atom. The van der Waals surface area contributed by atoms with Crippen LogP contribution in [0.5, 0.6) is 0 Å². The predicted molar refractivity (Wildman–Crippen MR) is 60.4 cm³/mol. The van der Waals surface area contributed by atoms with E-state index in [1.807, 2.05) is 0 Å². The summed E-state index contributed by atoms with van der Waals surface area (Å²) >= 11 is 0. The van der Waals surface area contributed by atoms with Gasteiger partial charge in [-0.1, -0.05) is 0 Å². The number of rotatable bonds is 4. The fourth-order valence-corrected chi connectivity index (χ4v) is 3.28. The molecule has 3 aliphatic rings. The van der Waals surface area contributed by atoms with E-state index in [0.717, 1.165) is 32.1 Å². The minimum Gasteiger partial charge on any atom is -0.481 e. The molecule has 3 atom stereocenters. The maximum atomic E-state index is 11.7. The molecule has 5 nitrogen and oxygen atoms in total. The van der Waals surface area contributed by atoms with Crippen molar-refractivity contribution >= 4 is 11.9 Å². The summed E-state index contributed by atoms with van der Waals surface area (Å²) in [5.41, 5.74) is 0. The van der Waals surface area contributed by atoms with Gasteiger partial charge in [0.25, 0.3) is 0 Å². The third kappa shape index (κ3) is 2.04. The summed E-state index contributed by atoms with van der Waals surface area (Å²) in [5.74, 6) is -0.900. The van der Waals surface area contributed by atoms with Gasteiger partial charge in [-0.3, -0.25) is 14.5 Å². The number of fused-ring (bicyclic) bond motifs is 2. The Kier molecular flexibility index (Phi) is 2.58. The maximum absolute atomic E-state index is 11.7. The van der Waals surface area contributed by atoms with Crippen LogP contribution in [0, 0.1) is 5.92 Å². The van der Waals surface area contributed by atoms with Crippen molar-refractivity contribution in [2.24, 2.45) is 5.92 Å². The van der Waals surface area contributed by atoms with Crippen LogP contribution in [0.3, 0.4) is 0 Å². The Hall–Kier alpha value is -1.10. The second-order valence-electron chi connectivity index (χ2n) is 5.49. The van der Waals surface area contributed by atoms with E-state index < -0.39 is 5.97 Å². The number of aliphatic carboxylic acids is 1. The van der Waals surface area contributed by atoms with Crippen molar-refractivity contribution in [2.75, 3.05) is 6.54 Å². The minimum atomic E-state index is -0.704. The largest absolute Gasteiger partial charge is 0.481 e. The lowest BCUT2D eigenvalue weighted by atomic mass is 9.89. The summed E-state index contributed by atoms with van der Waals surface area (Å²) in [5, 5.41) is 12.1. The van der Waals surface area contributed by atoms with Gasteiger partial charge in [0.05, 0.1) is 12.5 Å². The first-order valence-electron chi connectivity index (χ1n) is 6.43. The average Bonchev–Trinajstić information content (AvgIpc) is 2.94. The number of hydrogen-bond donors (Lipinski definition) is 2. The number of carbonyl (C=O) groups is 2. The summed E-state index contributed by atoms with van der Waals surface area (Å²) < 4.78 is 0. The van der Waals surface area contributed by atoms with Gasteiger partial charge in [-0.25, -0.2) is 0 Å². The van der Waals surface area contributed by atoms with Crippen molar-refractivity contribution in [3.05, 3.63) is 0 Å². The highest BCUT2D eigenvalue weighted by molar-refractivity contribution is 5.79. The lowest BCUT2D eigenvalue weighted by Crippen LogP contribution is -2.41. The molecule has 0 aromatic rings. The van der Waals surface area contributed by atoms with Gasteiger partial charge in [0.1, 0.15) is 0 Å². The Bertz CT molecular complexity index is 354. The molecule has 0 aromatic carbocycles. The van der Waals surface area contributed by atoms with E-state index in [0.29, 0.717) is 18.6 Å². The molecule has 2 N–H and O–H groups in total. The van der Waals surface area contributed by atoms with Crippen LogP contribution in [-0.4, -0.2) is 46.6 Å². The fraction of sp³-hybridized carbons (Fsp3) is 0.833. The SMILES string of the molecule is O=C(CN1C2CCC1C(C(=O)O)C2)NC1CC1. The molecule has 0 spiro atoms. The Morgan fingerprint density at radius 1 is 1.24 bits per heavy atom. The van der Waals surface area contributed by atoms with Crippen molar-refractivity contribution in [3.8, 4) is 0 Å². The maximum Gasteiger partial charge on any atom is 0.308 e. The van der Waals surface area contributed by atoms with Crippen molar-refractivity contribution < 1.29 is 14.7 Å². The van der Waals surface area contributed by atoms with Gasteiger partial charge in [0.15, 0.2) is 0 Å². The van der Waals surface area contributed by atoms with Crippen molar-refractivity contribution in [3.63, 3.8) is 0 Å². The molecule has 3 unspecified atom stereocenters. The molecule has 2 bridgehead atoms. The van der Waals surface area contributed by atoms with Gasteiger partial charge in [-0.15, -0.1) is 0 Å². The molecule has 2 aliphatic heterocycles. The molecular formula is C12H18N2O3. The number of carboxylic acids is 1. The van der Waals surface area contributed by atoms with Gasteiger partial charge in [0, 0.05) is 18.1 Å². The molecular weight excluding hydrogens is 220 g/mol. The highest BCUT2D eigenvalue weighted by atomic mass is 16.4. The first-order valence-corrected chi connectivity index (χ1v) is 6.43. The first kappa shape index (κ1) is 11.0. The van der Waals surface area contributed by atoms with E-state index in [1.165, 1.54) is 0 Å². The van der Waals surface area contributed by atoms with Crippen LogP contribution < -0.4 is 5.32 Å². The van der Waals surface area contributed by atoms with Crippen molar-refractivity contribution in [2.45, 2.75) is 50.2 Å². The second-order valence-corrected chi connectivity index (χ2v) is 5.49. The normalized spacial score (nSPS) is 36.1. The van der Waals surface area contributed by atoms with E-state index >= 15 is 0 Å². The topological polar surface area (TPSA) is 69.6 Å². The Morgan fingerprint density at radius 3 is 2.59 bits per heavy atom. The zero-order chi connectivity index (χ0) is 12.0. The van der Waals surface area contributed by atoms with Crippen molar-refractivity contribution in [1.29, 1.82) is 0 Å². The number of amides is 1. The summed E-state index contributed by atoms with van der Waals surface area (Å²) in [6.07, 6.45) is 4.88. The van der Waals surface area contributed by atoms with Gasteiger partial charge in [-0.05, 0) is 32.1 Å². The molecule has 5 heteroatoms. The van der Waals surface area contributed by atoms with Crippen LogP contribution >= 0.6 is 0 Å². The second kappa shape index (κ2) is 3.98. The minimum absolute atomic E-state index is 0.0652. The molecule has 0 radical (unpaired) electrons. The van der Waals surface area contributed by atoms with Gasteiger partial charge in [0.2, 0.25) is 5.91 Å². The van der Waals surface area contributed by atoms with E-state index in [2.05, 4.69) is 10.2 Å². The molecule has 17 heavy (non-hydrogen) atoms. The number of hydrogen-bond acceptors (Lipinski definition) is 3. The Labute approximate surface area is 100 Å². The molecule has 1 amide bonds. The van der Waals surface area contributed by atoms with Crippen LogP contribution in [-0.2, 0) is 9.59 Å². The van der Waals surface area contributed by atoms with Gasteiger partial charge < -0.3 is 10.4 Å². The highest BCUT2D eigenvalue weighted by Crippen LogP contribution is 2.41. The summed E-state index contributed by atoms with van der Waals surface area (Å²) in [7, 11) is 0. The van der Waals surface area contributed by atoms with Crippen LogP contribution in [0.25, 0.3) is 0 Å². The number of carbonyl (C=O) groups excluding carboxylic acids is 1. The highest BCUT2D eigenvalue weighted by Gasteiger charge is 2.49. The molecule has 94 valence electrons. The lowest BCUT2D eigenvalue weighted by molar-refractivity contribution is -0.143. The molecule has 3 fully saturated rings. The predicted octanol–water partition coefficient (Wildman–Crippen LogP) is 0.203. The summed E-state index contributed by atoms with van der Waals surface area (Å²) in [6, 6.07) is 0.784. The molecule has 2 heterocycles. The number of nitrogens with zero attached hydrogens (tertiary/aromatic N) is 1. The van der Waals surface area contributed by atoms with Crippen LogP contribution in [0.15, 0.2) is 0 Å². The van der Waals surface area contributed by atoms with Crippen LogP contribution in [0.1, 0.15) is 32.1 Å². The first-order chi connectivity index (χ1) is 8.15. The lowest BCUT2D eigenvalue weighted by Gasteiger charge is -2.21. The molecule has 1 aliphatic carbocycles. The monoisotopic (exact) mass is 238 g/mol. The Balaban J connectivity index is 1.60. The molecule has 2 saturated heterocycles. The zero-order valence-corrected chi connectivity index (χ0v) is 9.76. The summed E-state index contributed by atoms with van der Waals surface area (Å²) in [4.78, 5) is 24.9. The third-order valence-electron chi connectivity index (χ3n) is 4.27. The summed E-state index contributed by atoms with van der Waals surface area (Å²) in [6.45, 7) is 0.385. The van der Waals surface area contributed by atoms with E-state index in [-0.39, 0.29) is 17.9 Å². The fourth-order valence-electron chi connectivity index (χ4n) is 3.28. The smallest absolute Gasteiger partial charge is 0.308 e. The van der Waals surface area contributed by atoms with Crippen LogP contribution in [0.4, 0.5) is 0 Å². The van der Waals surface area contributed by atoms with E-state index in [1.54, 1.807) is 0 Å². The third-order valence-corrected chi connectivity index (χ3v) is 4.27. The van der Waals surface area contributed by atoms with E-state index in [9.17, 15) is 9.59 Å². The molecule has 0 aromatic heterocycles. The standard InChI is InChI=1S/C12H18N2O3/c15-11(13-7-1-2-7)6-14-8-3-4-10(14)9(5-8)12(16)17/h7-10H,1-6H2,(H,13,15)(H,16,17). The molecule has 3 rings (SSSR count).